The lowest BCUT2D eigenvalue weighted by molar-refractivity contribution is 0.605. The van der Waals surface area contributed by atoms with E-state index in [4.69, 9.17) is 4.42 Å². The molecule has 1 heterocycles. The predicted molar refractivity (Wildman–Crippen MR) is 219 cm³/mol. The van der Waals surface area contributed by atoms with Crippen molar-refractivity contribution in [2.75, 3.05) is 4.90 Å². The smallest absolute Gasteiger partial charge is 0.135 e. The highest BCUT2D eigenvalue weighted by molar-refractivity contribution is 6.06. The summed E-state index contributed by atoms with van der Waals surface area (Å²) in [4.78, 5) is 2.47. The van der Waals surface area contributed by atoms with Gasteiger partial charge in [-0.2, -0.15) is 0 Å². The number of fused-ring (bicyclic) bond motifs is 7. The molecule has 250 valence electrons. The van der Waals surface area contributed by atoms with E-state index in [9.17, 15) is 0 Å². The van der Waals surface area contributed by atoms with E-state index in [-0.39, 0.29) is 10.8 Å². The zero-order valence-electron chi connectivity index (χ0n) is 29.7. The Bertz CT molecular complexity index is 2780. The Labute approximate surface area is 305 Å². The molecule has 7 aromatic carbocycles. The Morgan fingerprint density at radius 2 is 1.23 bits per heavy atom. The van der Waals surface area contributed by atoms with Crippen molar-refractivity contribution in [1.82, 2.24) is 0 Å². The van der Waals surface area contributed by atoms with Gasteiger partial charge in [0.2, 0.25) is 0 Å². The van der Waals surface area contributed by atoms with E-state index in [2.05, 4.69) is 183 Å². The monoisotopic (exact) mass is 669 g/mol. The number of benzene rings is 7. The van der Waals surface area contributed by atoms with Gasteiger partial charge in [-0.1, -0.05) is 142 Å². The number of nitrogens with zero attached hydrogens (tertiary/aromatic N) is 1. The highest BCUT2D eigenvalue weighted by atomic mass is 16.3. The summed E-state index contributed by atoms with van der Waals surface area (Å²) < 4.78 is 6.18. The molecule has 1 aromatic heterocycles. The topological polar surface area (TPSA) is 16.4 Å². The molecule has 0 radical (unpaired) electrons. The maximum atomic E-state index is 6.18. The Kier molecular flexibility index (Phi) is 6.76. The van der Waals surface area contributed by atoms with Crippen molar-refractivity contribution < 1.29 is 4.42 Å². The Morgan fingerprint density at radius 3 is 2.10 bits per heavy atom. The van der Waals surface area contributed by atoms with Crippen LogP contribution in [0.1, 0.15) is 43.9 Å². The number of hydrogen-bond acceptors (Lipinski definition) is 2. The number of rotatable bonds is 5. The van der Waals surface area contributed by atoms with E-state index in [1.165, 1.54) is 44.3 Å². The van der Waals surface area contributed by atoms with Gasteiger partial charge in [-0.15, -0.1) is 0 Å². The second kappa shape index (κ2) is 11.4. The first-order valence-electron chi connectivity index (χ1n) is 18.3. The lowest BCUT2D eigenvalue weighted by Crippen LogP contribution is -2.20. The van der Waals surface area contributed by atoms with Gasteiger partial charge in [0.05, 0.1) is 5.69 Å². The molecule has 0 N–H and O–H groups in total. The minimum atomic E-state index is -0.112. The second-order valence-corrected chi connectivity index (χ2v) is 15.2. The van der Waals surface area contributed by atoms with Gasteiger partial charge < -0.3 is 9.32 Å². The van der Waals surface area contributed by atoms with Gasteiger partial charge in [-0.25, -0.2) is 0 Å². The van der Waals surface area contributed by atoms with Crippen molar-refractivity contribution >= 4 is 49.8 Å². The number of furan rings is 1. The van der Waals surface area contributed by atoms with E-state index in [0.29, 0.717) is 0 Å². The van der Waals surface area contributed by atoms with Crippen LogP contribution in [-0.2, 0) is 10.8 Å². The van der Waals surface area contributed by atoms with Crippen molar-refractivity contribution in [2.45, 2.75) is 38.0 Å². The third-order valence-corrected chi connectivity index (χ3v) is 11.7. The zero-order valence-corrected chi connectivity index (χ0v) is 29.7. The van der Waals surface area contributed by atoms with E-state index >= 15 is 0 Å². The lowest BCUT2D eigenvalue weighted by Gasteiger charge is -2.32. The molecule has 0 saturated heterocycles. The van der Waals surface area contributed by atoms with Crippen LogP contribution in [0.15, 0.2) is 174 Å². The van der Waals surface area contributed by atoms with Gasteiger partial charge >= 0.3 is 0 Å². The maximum Gasteiger partial charge on any atom is 0.135 e. The molecule has 10 rings (SSSR count). The molecule has 0 spiro atoms. The summed E-state index contributed by atoms with van der Waals surface area (Å²) in [6, 6.07) is 53.5. The standard InChI is InChI=1S/C50H39NO/c1-49(2)43-20-9-7-16-37(43)39-24-23-36(32-45(39)49)51(46-26-25-44(38-17-5-6-18-40(38)46)50(3)28-11-4-12-29-50)35-15-13-14-33(30-35)34-22-27-48-42(31-34)41-19-8-10-21-47(41)52-48/h4-28,30-32H,29H2,1-3H3/t50-/m1/s1. The first-order valence-corrected chi connectivity index (χ1v) is 18.3. The van der Waals surface area contributed by atoms with Gasteiger partial charge in [-0.05, 0) is 99.3 Å². The quantitative estimate of drug-likeness (QED) is 0.181. The highest BCUT2D eigenvalue weighted by Gasteiger charge is 2.36. The number of hydrogen-bond donors (Lipinski definition) is 0. The molecule has 0 unspecified atom stereocenters. The molecular weight excluding hydrogens is 631 g/mol. The highest BCUT2D eigenvalue weighted by Crippen LogP contribution is 2.51. The molecule has 0 bridgehead atoms. The predicted octanol–water partition coefficient (Wildman–Crippen LogP) is 14.0. The van der Waals surface area contributed by atoms with Gasteiger partial charge in [0.15, 0.2) is 0 Å². The molecule has 2 heteroatoms. The minimum absolute atomic E-state index is 0.0725. The second-order valence-electron chi connectivity index (χ2n) is 15.2. The Balaban J connectivity index is 1.18. The summed E-state index contributed by atoms with van der Waals surface area (Å²) in [5.41, 5.74) is 14.2. The molecule has 52 heavy (non-hydrogen) atoms. The van der Waals surface area contributed by atoms with Gasteiger partial charge in [0.25, 0.3) is 0 Å². The third kappa shape index (κ3) is 4.64. The van der Waals surface area contributed by atoms with Crippen LogP contribution in [-0.4, -0.2) is 0 Å². The third-order valence-electron chi connectivity index (χ3n) is 11.7. The van der Waals surface area contributed by atoms with Gasteiger partial charge in [0, 0.05) is 38.4 Å². The van der Waals surface area contributed by atoms with Crippen LogP contribution in [0.2, 0.25) is 0 Å². The zero-order chi connectivity index (χ0) is 35.0. The van der Waals surface area contributed by atoms with Crippen LogP contribution < -0.4 is 4.90 Å². The first-order chi connectivity index (χ1) is 25.4. The Morgan fingerprint density at radius 1 is 0.500 bits per heavy atom. The van der Waals surface area contributed by atoms with Crippen LogP contribution >= 0.6 is 0 Å². The van der Waals surface area contributed by atoms with E-state index in [0.717, 1.165) is 50.9 Å². The molecule has 2 aliphatic carbocycles. The fourth-order valence-electron chi connectivity index (χ4n) is 8.89. The number of allylic oxidation sites excluding steroid dienone is 4. The summed E-state index contributed by atoms with van der Waals surface area (Å²) in [6.45, 7) is 7.08. The van der Waals surface area contributed by atoms with Gasteiger partial charge in [0.1, 0.15) is 11.2 Å². The summed E-state index contributed by atoms with van der Waals surface area (Å²) in [5.74, 6) is 0. The van der Waals surface area contributed by atoms with Crippen LogP contribution in [0.3, 0.4) is 0 Å². The normalized spacial score (nSPS) is 17.1. The lowest BCUT2D eigenvalue weighted by atomic mass is 9.75. The number of anilines is 3. The van der Waals surface area contributed by atoms with Crippen molar-refractivity contribution in [2.24, 2.45) is 0 Å². The molecule has 2 aliphatic rings. The molecule has 1 atom stereocenters. The fourth-order valence-corrected chi connectivity index (χ4v) is 8.89. The summed E-state index contributed by atoms with van der Waals surface area (Å²) in [7, 11) is 0. The van der Waals surface area contributed by atoms with E-state index in [1.807, 2.05) is 12.1 Å². The molecule has 0 aliphatic heterocycles. The van der Waals surface area contributed by atoms with E-state index in [1.54, 1.807) is 0 Å². The van der Waals surface area contributed by atoms with Crippen molar-refractivity contribution in [3.63, 3.8) is 0 Å². The average Bonchev–Trinajstić information content (AvgIpc) is 3.67. The van der Waals surface area contributed by atoms with Crippen LogP contribution in [0.25, 0.3) is 55.0 Å². The van der Waals surface area contributed by atoms with Crippen LogP contribution in [0, 0.1) is 0 Å². The largest absolute Gasteiger partial charge is 0.456 e. The molecule has 8 aromatic rings. The molecule has 0 amide bonds. The van der Waals surface area contributed by atoms with Crippen molar-refractivity contribution in [3.8, 4) is 22.3 Å². The SMILES string of the molecule is CC1(C)c2ccccc2-c2ccc(N(c3cccc(-c4ccc5oc6ccccc6c5c4)c3)c3ccc([C@]4(C)C=CC=CC4)c4ccccc34)cc21. The van der Waals surface area contributed by atoms with Crippen LogP contribution in [0.4, 0.5) is 17.1 Å². The fraction of sp³-hybridized carbons (Fsp3) is 0.120. The first kappa shape index (κ1) is 30.7. The molecule has 2 nitrogen and oxygen atoms in total. The van der Waals surface area contributed by atoms with E-state index < -0.39 is 0 Å². The van der Waals surface area contributed by atoms with Gasteiger partial charge in [-0.3, -0.25) is 0 Å². The summed E-state index contributed by atoms with van der Waals surface area (Å²) in [5, 5.41) is 4.80. The molecule has 0 saturated carbocycles. The Hall–Kier alpha value is -6.12. The average molecular weight is 670 g/mol. The summed E-state index contributed by atoms with van der Waals surface area (Å²) >= 11 is 0. The number of para-hydroxylation sites is 1. The molecular formula is C50H39NO. The molecule has 0 fully saturated rings. The summed E-state index contributed by atoms with van der Waals surface area (Å²) in [6.07, 6.45) is 9.98. The van der Waals surface area contributed by atoms with Crippen LogP contribution in [0.5, 0.6) is 0 Å². The minimum Gasteiger partial charge on any atom is -0.456 e. The van der Waals surface area contributed by atoms with Crippen molar-refractivity contribution in [3.05, 3.63) is 187 Å². The van der Waals surface area contributed by atoms with Crippen molar-refractivity contribution in [1.29, 1.82) is 0 Å². The maximum absolute atomic E-state index is 6.18.